The van der Waals surface area contributed by atoms with Gasteiger partial charge < -0.3 is 15.0 Å². The molecule has 0 spiro atoms. The van der Waals surface area contributed by atoms with Crippen LogP contribution in [0.15, 0.2) is 12.4 Å². The fourth-order valence-electron chi connectivity index (χ4n) is 3.15. The summed E-state index contributed by atoms with van der Waals surface area (Å²) in [6, 6.07) is 2.09. The van der Waals surface area contributed by atoms with Crippen LogP contribution in [0.3, 0.4) is 0 Å². The van der Waals surface area contributed by atoms with Gasteiger partial charge in [-0.05, 0) is 37.8 Å². The number of aromatic nitrogens is 4. The van der Waals surface area contributed by atoms with Crippen molar-refractivity contribution >= 4 is 11.3 Å². The minimum Gasteiger partial charge on any atom is -0.385 e. The highest BCUT2D eigenvalue weighted by atomic mass is 16.5. The van der Waals surface area contributed by atoms with Gasteiger partial charge in [0.15, 0.2) is 0 Å². The van der Waals surface area contributed by atoms with E-state index in [1.54, 1.807) is 18.0 Å². The molecule has 7 nitrogen and oxygen atoms in total. The van der Waals surface area contributed by atoms with Gasteiger partial charge in [-0.3, -0.25) is 0 Å². The molecule has 1 atom stereocenters. The van der Waals surface area contributed by atoms with Crippen LogP contribution in [0.25, 0.3) is 5.65 Å². The van der Waals surface area contributed by atoms with Gasteiger partial charge in [0.1, 0.15) is 6.33 Å². The smallest absolute Gasteiger partial charge is 0.200 e. The summed E-state index contributed by atoms with van der Waals surface area (Å²) in [6.45, 7) is 7.40. The van der Waals surface area contributed by atoms with Crippen molar-refractivity contribution in [2.45, 2.75) is 26.2 Å². The highest BCUT2D eigenvalue weighted by Crippen LogP contribution is 2.20. The molecular formula is C16H26N6O. The highest BCUT2D eigenvalue weighted by Gasteiger charge is 2.22. The van der Waals surface area contributed by atoms with Crippen LogP contribution < -0.4 is 5.32 Å². The zero-order chi connectivity index (χ0) is 16.1. The number of hydrogen-bond acceptors (Lipinski definition) is 6. The van der Waals surface area contributed by atoms with Crippen LogP contribution in [-0.4, -0.2) is 64.6 Å². The number of fused-ring (bicyclic) bond motifs is 1. The monoisotopic (exact) mass is 318 g/mol. The summed E-state index contributed by atoms with van der Waals surface area (Å²) >= 11 is 0. The van der Waals surface area contributed by atoms with Crippen molar-refractivity contribution in [3.63, 3.8) is 0 Å². The van der Waals surface area contributed by atoms with Crippen LogP contribution in [0.5, 0.6) is 0 Å². The SMILES string of the molecule is CCc1cc(NCC2CCN(CCCOC)C2)c2nncn2n1. The van der Waals surface area contributed by atoms with E-state index < -0.39 is 0 Å². The van der Waals surface area contributed by atoms with Gasteiger partial charge in [-0.15, -0.1) is 10.2 Å². The van der Waals surface area contributed by atoms with Crippen LogP contribution in [0, 0.1) is 5.92 Å². The Morgan fingerprint density at radius 1 is 1.43 bits per heavy atom. The van der Waals surface area contributed by atoms with Crippen molar-refractivity contribution in [2.75, 3.05) is 45.2 Å². The van der Waals surface area contributed by atoms with Crippen LogP contribution in [0.4, 0.5) is 5.69 Å². The first kappa shape index (κ1) is 16.1. The number of rotatable bonds is 8. The molecule has 3 rings (SSSR count). The van der Waals surface area contributed by atoms with E-state index in [1.165, 1.54) is 13.0 Å². The Hall–Kier alpha value is -1.73. The zero-order valence-corrected chi connectivity index (χ0v) is 14.0. The lowest BCUT2D eigenvalue weighted by Gasteiger charge is -2.16. The maximum atomic E-state index is 5.13. The molecule has 0 bridgehead atoms. The molecule has 1 N–H and O–H groups in total. The summed E-state index contributed by atoms with van der Waals surface area (Å²) in [5.74, 6) is 0.679. The summed E-state index contributed by atoms with van der Waals surface area (Å²) < 4.78 is 6.89. The number of likely N-dealkylation sites (tertiary alicyclic amines) is 1. The van der Waals surface area contributed by atoms with Gasteiger partial charge in [0.2, 0.25) is 5.65 Å². The molecular weight excluding hydrogens is 292 g/mol. The summed E-state index contributed by atoms with van der Waals surface area (Å²) in [4.78, 5) is 2.53. The largest absolute Gasteiger partial charge is 0.385 e. The lowest BCUT2D eigenvalue weighted by atomic mass is 10.1. The minimum atomic E-state index is 0.679. The van der Waals surface area contributed by atoms with E-state index in [4.69, 9.17) is 4.74 Å². The zero-order valence-electron chi connectivity index (χ0n) is 14.0. The molecule has 0 saturated carbocycles. The van der Waals surface area contributed by atoms with Gasteiger partial charge in [0.05, 0.1) is 11.4 Å². The molecule has 1 aliphatic rings. The maximum Gasteiger partial charge on any atom is 0.200 e. The summed E-state index contributed by atoms with van der Waals surface area (Å²) in [5.41, 5.74) is 2.89. The molecule has 1 saturated heterocycles. The topological polar surface area (TPSA) is 67.6 Å². The van der Waals surface area contributed by atoms with Crippen LogP contribution in [0.2, 0.25) is 0 Å². The normalized spacial score (nSPS) is 18.8. The second kappa shape index (κ2) is 7.70. The van der Waals surface area contributed by atoms with E-state index in [0.29, 0.717) is 5.92 Å². The molecule has 126 valence electrons. The van der Waals surface area contributed by atoms with Gasteiger partial charge in [-0.1, -0.05) is 6.92 Å². The summed E-state index contributed by atoms with van der Waals surface area (Å²) in [7, 11) is 1.77. The Morgan fingerprint density at radius 2 is 2.35 bits per heavy atom. The number of hydrogen-bond donors (Lipinski definition) is 1. The minimum absolute atomic E-state index is 0.679. The predicted octanol–water partition coefficient (Wildman–Crippen LogP) is 1.46. The van der Waals surface area contributed by atoms with Crippen molar-refractivity contribution in [1.29, 1.82) is 0 Å². The van der Waals surface area contributed by atoms with E-state index in [1.807, 2.05) is 0 Å². The fraction of sp³-hybridized carbons (Fsp3) is 0.688. The molecule has 1 aliphatic heterocycles. The predicted molar refractivity (Wildman–Crippen MR) is 89.7 cm³/mol. The van der Waals surface area contributed by atoms with E-state index in [0.717, 1.165) is 56.1 Å². The molecule has 0 amide bonds. The number of nitrogens with zero attached hydrogens (tertiary/aromatic N) is 5. The molecule has 0 radical (unpaired) electrons. The Balaban J connectivity index is 1.56. The first-order chi connectivity index (χ1) is 11.3. The van der Waals surface area contributed by atoms with Gasteiger partial charge >= 0.3 is 0 Å². The third kappa shape index (κ3) is 3.97. The molecule has 3 heterocycles. The first-order valence-corrected chi connectivity index (χ1v) is 8.45. The molecule has 2 aromatic heterocycles. The van der Waals surface area contributed by atoms with Crippen molar-refractivity contribution < 1.29 is 4.74 Å². The molecule has 1 fully saturated rings. The van der Waals surface area contributed by atoms with Crippen molar-refractivity contribution in [3.05, 3.63) is 18.1 Å². The van der Waals surface area contributed by atoms with Crippen LogP contribution in [-0.2, 0) is 11.2 Å². The quantitative estimate of drug-likeness (QED) is 0.743. The standard InChI is InChI=1S/C16H26N6O/c1-3-14-9-15(16-19-18-12-22(16)20-14)17-10-13-5-7-21(11-13)6-4-8-23-2/h9,12-13,17H,3-8,10-11H2,1-2H3. The number of nitrogens with one attached hydrogen (secondary N) is 1. The Labute approximate surface area is 137 Å². The molecule has 23 heavy (non-hydrogen) atoms. The maximum absolute atomic E-state index is 5.13. The molecule has 1 unspecified atom stereocenters. The van der Waals surface area contributed by atoms with E-state index in [2.05, 4.69) is 38.5 Å². The average molecular weight is 318 g/mol. The Morgan fingerprint density at radius 3 is 3.17 bits per heavy atom. The number of anilines is 1. The lowest BCUT2D eigenvalue weighted by Crippen LogP contribution is -2.24. The molecule has 0 aliphatic carbocycles. The number of aryl methyl sites for hydroxylation is 1. The fourth-order valence-corrected chi connectivity index (χ4v) is 3.15. The summed E-state index contributed by atoms with van der Waals surface area (Å²) in [5, 5.41) is 16.2. The van der Waals surface area contributed by atoms with Gasteiger partial charge in [0, 0.05) is 33.4 Å². The van der Waals surface area contributed by atoms with E-state index >= 15 is 0 Å². The second-order valence-electron chi connectivity index (χ2n) is 6.18. The molecule has 7 heteroatoms. The molecule has 0 aromatic carbocycles. The highest BCUT2D eigenvalue weighted by molar-refractivity contribution is 5.66. The van der Waals surface area contributed by atoms with Crippen LogP contribution >= 0.6 is 0 Å². The molecule has 2 aromatic rings. The van der Waals surface area contributed by atoms with Gasteiger partial charge in [-0.2, -0.15) is 9.61 Å². The average Bonchev–Trinajstić information content (AvgIpc) is 3.21. The first-order valence-electron chi connectivity index (χ1n) is 8.45. The number of ether oxygens (including phenoxy) is 1. The van der Waals surface area contributed by atoms with E-state index in [-0.39, 0.29) is 0 Å². The van der Waals surface area contributed by atoms with E-state index in [9.17, 15) is 0 Å². The third-order valence-corrected chi connectivity index (χ3v) is 4.45. The third-order valence-electron chi connectivity index (χ3n) is 4.45. The Kier molecular flexibility index (Phi) is 5.40. The Bertz CT molecular complexity index is 628. The van der Waals surface area contributed by atoms with Crippen molar-refractivity contribution in [2.24, 2.45) is 5.92 Å². The lowest BCUT2D eigenvalue weighted by molar-refractivity contribution is 0.178. The van der Waals surface area contributed by atoms with Crippen LogP contribution in [0.1, 0.15) is 25.5 Å². The summed E-state index contributed by atoms with van der Waals surface area (Å²) in [6.07, 6.45) is 4.92. The van der Waals surface area contributed by atoms with Gasteiger partial charge in [-0.25, -0.2) is 0 Å². The number of methoxy groups -OCH3 is 1. The second-order valence-corrected chi connectivity index (χ2v) is 6.18. The van der Waals surface area contributed by atoms with Gasteiger partial charge in [0.25, 0.3) is 0 Å². The van der Waals surface area contributed by atoms with Crippen molar-refractivity contribution in [3.8, 4) is 0 Å². The van der Waals surface area contributed by atoms with Crippen molar-refractivity contribution in [1.82, 2.24) is 24.7 Å².